The first kappa shape index (κ1) is 14.0. The van der Waals surface area contributed by atoms with Gasteiger partial charge in [0.25, 0.3) is 5.91 Å². The average molecular weight is 310 g/mol. The van der Waals surface area contributed by atoms with Gasteiger partial charge in [0, 0.05) is 36.9 Å². The number of hydrogen-bond donors (Lipinski definition) is 1. The van der Waals surface area contributed by atoms with Gasteiger partial charge < -0.3 is 10.2 Å². The molecule has 1 amide bonds. The predicted octanol–water partition coefficient (Wildman–Crippen LogP) is 1.15. The van der Waals surface area contributed by atoms with Crippen molar-refractivity contribution in [1.82, 2.24) is 25.5 Å². The second-order valence-electron chi connectivity index (χ2n) is 6.09. The zero-order valence-corrected chi connectivity index (χ0v) is 12.7. The van der Waals surface area contributed by atoms with Gasteiger partial charge in [0.15, 0.2) is 0 Å². The molecule has 1 saturated heterocycles. The minimum Gasteiger partial charge on any atom is -0.347 e. The number of nitrogens with zero attached hydrogens (tertiary/aromatic N) is 5. The molecule has 7 nitrogen and oxygen atoms in total. The SMILES string of the molecule is O=C(NC1CCN(c2nccc(C3CC3)n2)C1)c1ccnnc1. The Morgan fingerprint density at radius 1 is 1.17 bits per heavy atom. The van der Waals surface area contributed by atoms with Crippen LogP contribution in [0.1, 0.15) is 41.2 Å². The fraction of sp³-hybridized carbons (Fsp3) is 0.438. The summed E-state index contributed by atoms with van der Waals surface area (Å²) in [6.07, 6.45) is 8.19. The molecule has 4 rings (SSSR count). The smallest absolute Gasteiger partial charge is 0.253 e. The highest BCUT2D eigenvalue weighted by Gasteiger charge is 2.29. The van der Waals surface area contributed by atoms with Crippen molar-refractivity contribution in [2.75, 3.05) is 18.0 Å². The Balaban J connectivity index is 1.39. The molecule has 0 bridgehead atoms. The summed E-state index contributed by atoms with van der Waals surface area (Å²) in [5.74, 6) is 1.28. The molecule has 0 spiro atoms. The molecule has 23 heavy (non-hydrogen) atoms. The summed E-state index contributed by atoms with van der Waals surface area (Å²) >= 11 is 0. The first-order valence-electron chi connectivity index (χ1n) is 7.95. The van der Waals surface area contributed by atoms with Crippen LogP contribution in [0.25, 0.3) is 0 Å². The zero-order chi connectivity index (χ0) is 15.6. The van der Waals surface area contributed by atoms with E-state index < -0.39 is 0 Å². The van der Waals surface area contributed by atoms with Gasteiger partial charge >= 0.3 is 0 Å². The third-order valence-electron chi connectivity index (χ3n) is 4.31. The maximum atomic E-state index is 12.2. The van der Waals surface area contributed by atoms with E-state index in [2.05, 4.69) is 30.4 Å². The van der Waals surface area contributed by atoms with E-state index in [1.54, 1.807) is 6.07 Å². The molecular weight excluding hydrogens is 292 g/mol. The monoisotopic (exact) mass is 310 g/mol. The summed E-state index contributed by atoms with van der Waals surface area (Å²) in [7, 11) is 0. The Bertz CT molecular complexity index is 703. The van der Waals surface area contributed by atoms with Gasteiger partial charge in [0.1, 0.15) is 0 Å². The van der Waals surface area contributed by atoms with Crippen molar-refractivity contribution in [3.8, 4) is 0 Å². The summed E-state index contributed by atoms with van der Waals surface area (Å²) in [6, 6.07) is 3.77. The second-order valence-corrected chi connectivity index (χ2v) is 6.09. The van der Waals surface area contributed by atoms with Crippen LogP contribution in [0.5, 0.6) is 0 Å². The number of aromatic nitrogens is 4. The van der Waals surface area contributed by atoms with E-state index in [0.717, 1.165) is 31.2 Å². The van der Waals surface area contributed by atoms with Crippen molar-refractivity contribution in [3.63, 3.8) is 0 Å². The summed E-state index contributed by atoms with van der Waals surface area (Å²) in [4.78, 5) is 23.4. The van der Waals surface area contributed by atoms with Crippen molar-refractivity contribution < 1.29 is 4.79 Å². The predicted molar refractivity (Wildman–Crippen MR) is 84.1 cm³/mol. The van der Waals surface area contributed by atoms with E-state index in [9.17, 15) is 4.79 Å². The number of carbonyl (C=O) groups is 1. The van der Waals surface area contributed by atoms with Gasteiger partial charge in [0.05, 0.1) is 18.0 Å². The van der Waals surface area contributed by atoms with Crippen molar-refractivity contribution >= 4 is 11.9 Å². The highest BCUT2D eigenvalue weighted by Crippen LogP contribution is 2.39. The van der Waals surface area contributed by atoms with E-state index in [1.165, 1.54) is 25.2 Å². The molecule has 1 atom stereocenters. The summed E-state index contributed by atoms with van der Waals surface area (Å²) in [5, 5.41) is 10.5. The molecule has 2 aromatic heterocycles. The number of rotatable bonds is 4. The third kappa shape index (κ3) is 3.13. The van der Waals surface area contributed by atoms with Gasteiger partial charge in [-0.15, -0.1) is 0 Å². The van der Waals surface area contributed by atoms with Crippen LogP contribution in [0.2, 0.25) is 0 Å². The van der Waals surface area contributed by atoms with Crippen LogP contribution in [-0.4, -0.2) is 45.2 Å². The lowest BCUT2D eigenvalue weighted by molar-refractivity contribution is 0.0940. The second kappa shape index (κ2) is 5.91. The molecule has 7 heteroatoms. The first-order chi connectivity index (χ1) is 11.3. The van der Waals surface area contributed by atoms with Crippen LogP contribution in [0, 0.1) is 0 Å². The molecular formula is C16H18N6O. The molecule has 3 heterocycles. The lowest BCUT2D eigenvalue weighted by Gasteiger charge is -2.17. The third-order valence-corrected chi connectivity index (χ3v) is 4.31. The van der Waals surface area contributed by atoms with Gasteiger partial charge in [-0.1, -0.05) is 0 Å². The Kier molecular flexibility index (Phi) is 3.61. The van der Waals surface area contributed by atoms with E-state index >= 15 is 0 Å². The number of carbonyl (C=O) groups excluding carboxylic acids is 1. The molecule has 1 aliphatic heterocycles. The molecule has 1 N–H and O–H groups in total. The lowest BCUT2D eigenvalue weighted by atomic mass is 10.2. The van der Waals surface area contributed by atoms with Crippen LogP contribution in [0.3, 0.4) is 0 Å². The normalized spacial score (nSPS) is 20.5. The van der Waals surface area contributed by atoms with Gasteiger partial charge in [-0.3, -0.25) is 4.79 Å². The van der Waals surface area contributed by atoms with Crippen LogP contribution >= 0.6 is 0 Å². The van der Waals surface area contributed by atoms with E-state index in [-0.39, 0.29) is 11.9 Å². The van der Waals surface area contributed by atoms with Gasteiger partial charge in [-0.25, -0.2) is 9.97 Å². The molecule has 0 aromatic carbocycles. The van der Waals surface area contributed by atoms with E-state index in [0.29, 0.717) is 11.5 Å². The topological polar surface area (TPSA) is 83.9 Å². The number of anilines is 1. The largest absolute Gasteiger partial charge is 0.347 e. The lowest BCUT2D eigenvalue weighted by Crippen LogP contribution is -2.37. The minimum atomic E-state index is -0.112. The van der Waals surface area contributed by atoms with Crippen LogP contribution in [0.4, 0.5) is 5.95 Å². The molecule has 1 saturated carbocycles. The Labute approximate surface area is 134 Å². The molecule has 2 aliphatic rings. The van der Waals surface area contributed by atoms with Crippen molar-refractivity contribution in [1.29, 1.82) is 0 Å². The minimum absolute atomic E-state index is 0.101. The molecule has 2 fully saturated rings. The molecule has 1 unspecified atom stereocenters. The van der Waals surface area contributed by atoms with E-state index in [1.807, 2.05) is 12.3 Å². The first-order valence-corrected chi connectivity index (χ1v) is 7.95. The quantitative estimate of drug-likeness (QED) is 0.912. The highest BCUT2D eigenvalue weighted by atomic mass is 16.1. The maximum absolute atomic E-state index is 12.2. The number of hydrogen-bond acceptors (Lipinski definition) is 6. The maximum Gasteiger partial charge on any atom is 0.253 e. The standard InChI is InChI=1S/C16H18N6O/c23-15(12-3-7-18-19-9-12)20-13-5-8-22(10-13)16-17-6-4-14(21-16)11-1-2-11/h3-4,6-7,9,11,13H,1-2,5,8,10H2,(H,20,23). The highest BCUT2D eigenvalue weighted by molar-refractivity contribution is 5.94. The average Bonchev–Trinajstić information content (AvgIpc) is 3.35. The van der Waals surface area contributed by atoms with Gasteiger partial charge in [-0.2, -0.15) is 10.2 Å². The van der Waals surface area contributed by atoms with Crippen LogP contribution < -0.4 is 10.2 Å². The summed E-state index contributed by atoms with van der Waals surface area (Å²) in [5.41, 5.74) is 1.68. The van der Waals surface area contributed by atoms with Crippen molar-refractivity contribution in [2.24, 2.45) is 0 Å². The van der Waals surface area contributed by atoms with Crippen LogP contribution in [0.15, 0.2) is 30.7 Å². The zero-order valence-electron chi connectivity index (χ0n) is 12.7. The van der Waals surface area contributed by atoms with Crippen LogP contribution in [-0.2, 0) is 0 Å². The molecule has 0 radical (unpaired) electrons. The van der Waals surface area contributed by atoms with Crippen molar-refractivity contribution in [2.45, 2.75) is 31.2 Å². The Morgan fingerprint density at radius 2 is 2.09 bits per heavy atom. The fourth-order valence-electron chi connectivity index (χ4n) is 2.87. The summed E-state index contributed by atoms with van der Waals surface area (Å²) in [6.45, 7) is 1.59. The Morgan fingerprint density at radius 3 is 2.87 bits per heavy atom. The fourth-order valence-corrected chi connectivity index (χ4v) is 2.87. The molecule has 2 aromatic rings. The summed E-state index contributed by atoms with van der Waals surface area (Å²) < 4.78 is 0. The number of nitrogens with one attached hydrogen (secondary N) is 1. The Hall–Kier alpha value is -2.57. The van der Waals surface area contributed by atoms with E-state index in [4.69, 9.17) is 0 Å². The van der Waals surface area contributed by atoms with Gasteiger partial charge in [-0.05, 0) is 31.4 Å². The number of amides is 1. The molecule has 118 valence electrons. The van der Waals surface area contributed by atoms with Crippen molar-refractivity contribution in [3.05, 3.63) is 42.0 Å². The molecule has 1 aliphatic carbocycles. The van der Waals surface area contributed by atoms with Gasteiger partial charge in [0.2, 0.25) is 5.95 Å².